The number of benzene rings is 2. The van der Waals surface area contributed by atoms with Crippen molar-refractivity contribution in [1.29, 1.82) is 0 Å². The number of piperidine rings is 1. The first-order valence-electron chi connectivity index (χ1n) is 12.5. The largest absolute Gasteiger partial charge is 0.481 e. The molecule has 35 heavy (non-hydrogen) atoms. The number of fused-ring (bicyclic) bond motifs is 3. The summed E-state index contributed by atoms with van der Waals surface area (Å²) in [6.45, 7) is 3.13. The highest BCUT2D eigenvalue weighted by Gasteiger charge is 2.38. The molecular weight excluding hydrogens is 444 g/mol. The summed E-state index contributed by atoms with van der Waals surface area (Å²) in [5.74, 6) is -1.33. The van der Waals surface area contributed by atoms with Gasteiger partial charge in [0.2, 0.25) is 5.91 Å². The molecule has 2 aliphatic carbocycles. The molecule has 1 saturated heterocycles. The summed E-state index contributed by atoms with van der Waals surface area (Å²) < 4.78 is 5.66. The van der Waals surface area contributed by atoms with Crippen molar-refractivity contribution < 1.29 is 24.2 Å². The maximum absolute atomic E-state index is 13.1. The van der Waals surface area contributed by atoms with Crippen LogP contribution in [0.3, 0.4) is 0 Å². The van der Waals surface area contributed by atoms with Crippen LogP contribution < -0.4 is 5.32 Å². The van der Waals surface area contributed by atoms with Crippen LogP contribution in [0.1, 0.15) is 49.7 Å². The minimum absolute atomic E-state index is 0.00864. The van der Waals surface area contributed by atoms with Gasteiger partial charge < -0.3 is 20.1 Å². The number of hydrogen-bond acceptors (Lipinski definition) is 4. The maximum atomic E-state index is 13.1. The van der Waals surface area contributed by atoms with Crippen LogP contribution in [0.4, 0.5) is 4.79 Å². The van der Waals surface area contributed by atoms with Gasteiger partial charge in [-0.3, -0.25) is 9.59 Å². The van der Waals surface area contributed by atoms with E-state index in [2.05, 4.69) is 29.6 Å². The molecule has 2 fully saturated rings. The van der Waals surface area contributed by atoms with Crippen molar-refractivity contribution >= 4 is 18.0 Å². The van der Waals surface area contributed by atoms with Gasteiger partial charge in [0.25, 0.3) is 0 Å². The molecule has 0 radical (unpaired) electrons. The van der Waals surface area contributed by atoms with Gasteiger partial charge in [-0.05, 0) is 53.9 Å². The summed E-state index contributed by atoms with van der Waals surface area (Å²) in [4.78, 5) is 38.9. The molecular formula is C28H32N2O5. The van der Waals surface area contributed by atoms with Gasteiger partial charge in [0.15, 0.2) is 0 Å². The van der Waals surface area contributed by atoms with Crippen molar-refractivity contribution in [1.82, 2.24) is 10.2 Å². The molecule has 0 bridgehead atoms. The van der Waals surface area contributed by atoms with Gasteiger partial charge in [-0.15, -0.1) is 0 Å². The van der Waals surface area contributed by atoms with E-state index >= 15 is 0 Å². The van der Waals surface area contributed by atoms with Crippen LogP contribution in [0.2, 0.25) is 0 Å². The summed E-state index contributed by atoms with van der Waals surface area (Å²) >= 11 is 0. The predicted molar refractivity (Wildman–Crippen MR) is 131 cm³/mol. The smallest absolute Gasteiger partial charge is 0.407 e. The number of likely N-dealkylation sites (tertiary alicyclic amines) is 1. The highest BCUT2D eigenvalue weighted by molar-refractivity contribution is 5.81. The first kappa shape index (κ1) is 23.4. The first-order valence-corrected chi connectivity index (χ1v) is 12.5. The fourth-order valence-electron chi connectivity index (χ4n) is 6.11. The van der Waals surface area contributed by atoms with E-state index in [0.29, 0.717) is 32.2 Å². The summed E-state index contributed by atoms with van der Waals surface area (Å²) in [6.07, 6.45) is 2.12. The fourth-order valence-corrected chi connectivity index (χ4v) is 6.11. The Morgan fingerprint density at radius 3 is 2.26 bits per heavy atom. The SMILES string of the molecule is CC1CC(C(=O)O)CN(C(=O)[C@H]2CC[C@@H](NC(=O)OCC3c4ccccc4-c4ccccc43)C2)C1. The second-order valence-corrected chi connectivity index (χ2v) is 10.3. The topological polar surface area (TPSA) is 95.9 Å². The monoisotopic (exact) mass is 476 g/mol. The molecule has 3 aliphatic rings. The first-order chi connectivity index (χ1) is 16.9. The molecule has 2 unspecified atom stereocenters. The summed E-state index contributed by atoms with van der Waals surface area (Å²) in [7, 11) is 0. The molecule has 1 saturated carbocycles. The molecule has 2 N–H and O–H groups in total. The highest BCUT2D eigenvalue weighted by Crippen LogP contribution is 2.44. The van der Waals surface area contributed by atoms with Crippen LogP contribution in [0.5, 0.6) is 0 Å². The van der Waals surface area contributed by atoms with Gasteiger partial charge in [-0.2, -0.15) is 0 Å². The van der Waals surface area contributed by atoms with Crippen LogP contribution >= 0.6 is 0 Å². The van der Waals surface area contributed by atoms with E-state index in [1.54, 1.807) is 4.90 Å². The normalized spacial score (nSPS) is 25.6. The lowest BCUT2D eigenvalue weighted by atomic mass is 9.89. The van der Waals surface area contributed by atoms with Crippen LogP contribution in [0.25, 0.3) is 11.1 Å². The maximum Gasteiger partial charge on any atom is 0.407 e. The van der Waals surface area contributed by atoms with Crippen LogP contribution in [0.15, 0.2) is 48.5 Å². The van der Waals surface area contributed by atoms with Crippen molar-refractivity contribution in [2.24, 2.45) is 17.8 Å². The zero-order chi connectivity index (χ0) is 24.5. The second-order valence-electron chi connectivity index (χ2n) is 10.3. The zero-order valence-corrected chi connectivity index (χ0v) is 20.0. The van der Waals surface area contributed by atoms with Crippen LogP contribution in [0, 0.1) is 17.8 Å². The highest BCUT2D eigenvalue weighted by atomic mass is 16.5. The number of ether oxygens (including phenoxy) is 1. The Labute approximate surface area is 205 Å². The van der Waals surface area contributed by atoms with Gasteiger partial charge >= 0.3 is 12.1 Å². The Kier molecular flexibility index (Phi) is 6.50. The number of nitrogens with one attached hydrogen (secondary N) is 1. The number of carboxylic acids is 1. The number of aliphatic carboxylic acids is 1. The zero-order valence-electron chi connectivity index (χ0n) is 20.0. The van der Waals surface area contributed by atoms with Gasteiger partial charge in [-0.25, -0.2) is 4.79 Å². The number of alkyl carbamates (subject to hydrolysis) is 1. The minimum Gasteiger partial charge on any atom is -0.481 e. The summed E-state index contributed by atoms with van der Waals surface area (Å²) in [5.41, 5.74) is 4.71. The fraction of sp³-hybridized carbons (Fsp3) is 0.464. The molecule has 7 nitrogen and oxygen atoms in total. The Balaban J connectivity index is 1.14. The van der Waals surface area contributed by atoms with E-state index < -0.39 is 18.0 Å². The lowest BCUT2D eigenvalue weighted by Crippen LogP contribution is -2.47. The molecule has 1 aliphatic heterocycles. The molecule has 1 heterocycles. The van der Waals surface area contributed by atoms with E-state index in [4.69, 9.17) is 4.74 Å². The molecule has 5 rings (SSSR count). The van der Waals surface area contributed by atoms with Crippen molar-refractivity contribution in [3.63, 3.8) is 0 Å². The van der Waals surface area contributed by atoms with Gasteiger partial charge in [0, 0.05) is 31.0 Å². The number of amides is 2. The Morgan fingerprint density at radius 2 is 1.60 bits per heavy atom. The third kappa shape index (κ3) is 4.77. The number of carboxylic acid groups (broad SMARTS) is 1. The van der Waals surface area contributed by atoms with Crippen molar-refractivity contribution in [2.45, 2.75) is 44.6 Å². The number of rotatable bonds is 5. The van der Waals surface area contributed by atoms with E-state index in [-0.39, 0.29) is 42.9 Å². The van der Waals surface area contributed by atoms with Crippen molar-refractivity contribution in [3.05, 3.63) is 59.7 Å². The average molecular weight is 477 g/mol. The van der Waals surface area contributed by atoms with E-state index in [1.807, 2.05) is 31.2 Å². The summed E-state index contributed by atoms with van der Waals surface area (Å²) in [6, 6.07) is 16.3. The van der Waals surface area contributed by atoms with Crippen LogP contribution in [-0.2, 0) is 14.3 Å². The van der Waals surface area contributed by atoms with Gasteiger partial charge in [-0.1, -0.05) is 55.5 Å². The number of carbonyl (C=O) groups excluding carboxylic acids is 2. The molecule has 0 aromatic heterocycles. The Morgan fingerprint density at radius 1 is 0.943 bits per heavy atom. The average Bonchev–Trinajstić information content (AvgIpc) is 3.44. The van der Waals surface area contributed by atoms with E-state index in [0.717, 1.165) is 0 Å². The van der Waals surface area contributed by atoms with E-state index in [1.165, 1.54) is 22.3 Å². The third-order valence-electron chi connectivity index (χ3n) is 7.77. The minimum atomic E-state index is -0.837. The lowest BCUT2D eigenvalue weighted by molar-refractivity contribution is -0.148. The Bertz CT molecular complexity index is 1090. The molecule has 7 heteroatoms. The standard InChI is InChI=1S/C28H32N2O5/c1-17-12-19(27(32)33)15-30(14-17)26(31)18-10-11-20(13-18)29-28(34)35-16-25-23-8-4-2-6-21(23)22-7-3-5-9-24(22)25/h2-9,17-20,25H,10-16H2,1H3,(H,29,34)(H,32,33)/t17?,18-,19?,20+/m0/s1. The van der Waals surface area contributed by atoms with Gasteiger partial charge in [0.05, 0.1) is 5.92 Å². The van der Waals surface area contributed by atoms with Gasteiger partial charge in [0.1, 0.15) is 6.61 Å². The van der Waals surface area contributed by atoms with E-state index in [9.17, 15) is 19.5 Å². The third-order valence-corrected chi connectivity index (χ3v) is 7.77. The van der Waals surface area contributed by atoms with Crippen LogP contribution in [-0.4, -0.2) is 53.7 Å². The predicted octanol–water partition coefficient (Wildman–Crippen LogP) is 4.26. The second kappa shape index (κ2) is 9.72. The molecule has 4 atom stereocenters. The molecule has 2 aromatic carbocycles. The number of carbonyl (C=O) groups is 3. The van der Waals surface area contributed by atoms with Crippen molar-refractivity contribution in [2.75, 3.05) is 19.7 Å². The summed E-state index contributed by atoms with van der Waals surface area (Å²) in [5, 5.41) is 12.3. The Hall–Kier alpha value is -3.35. The number of nitrogens with zero attached hydrogens (tertiary/aromatic N) is 1. The molecule has 184 valence electrons. The molecule has 2 amide bonds. The molecule has 0 spiro atoms. The molecule has 2 aromatic rings. The lowest BCUT2D eigenvalue weighted by Gasteiger charge is -2.36. The number of hydrogen-bond donors (Lipinski definition) is 2. The van der Waals surface area contributed by atoms with Crippen molar-refractivity contribution in [3.8, 4) is 11.1 Å². The quantitative estimate of drug-likeness (QED) is 0.672.